The number of hydrogen-bond donors (Lipinski definition) is 1. The van der Waals surface area contributed by atoms with Gasteiger partial charge in [0.25, 0.3) is 5.91 Å². The third-order valence-corrected chi connectivity index (χ3v) is 4.36. The first-order valence-electron chi connectivity index (χ1n) is 7.43. The SMILES string of the molecule is CCN(Cc1ccc(OC)c(F)c1)C(=O)c1ccc(NC(C)=O)s1. The number of rotatable bonds is 6. The third kappa shape index (κ3) is 4.32. The number of anilines is 1. The van der Waals surface area contributed by atoms with E-state index < -0.39 is 5.82 Å². The molecule has 1 aromatic carbocycles. The Morgan fingerprint density at radius 1 is 1.29 bits per heavy atom. The van der Waals surface area contributed by atoms with Crippen LogP contribution in [-0.2, 0) is 11.3 Å². The summed E-state index contributed by atoms with van der Waals surface area (Å²) in [6, 6.07) is 8.01. The van der Waals surface area contributed by atoms with Crippen LogP contribution >= 0.6 is 11.3 Å². The molecule has 1 aromatic heterocycles. The second kappa shape index (κ2) is 7.92. The zero-order valence-corrected chi connectivity index (χ0v) is 14.6. The number of nitrogens with zero attached hydrogens (tertiary/aromatic N) is 1. The largest absolute Gasteiger partial charge is 0.494 e. The fourth-order valence-electron chi connectivity index (χ4n) is 2.21. The minimum atomic E-state index is -0.456. The molecule has 0 radical (unpaired) electrons. The van der Waals surface area contributed by atoms with Gasteiger partial charge in [-0.2, -0.15) is 0 Å². The Hall–Kier alpha value is -2.41. The van der Waals surface area contributed by atoms with Crippen LogP contribution in [0.2, 0.25) is 0 Å². The highest BCUT2D eigenvalue weighted by Crippen LogP contribution is 2.24. The summed E-state index contributed by atoms with van der Waals surface area (Å²) < 4.78 is 18.7. The van der Waals surface area contributed by atoms with Crippen molar-refractivity contribution in [3.8, 4) is 5.75 Å². The van der Waals surface area contributed by atoms with Gasteiger partial charge in [0.2, 0.25) is 5.91 Å². The maximum absolute atomic E-state index is 13.8. The summed E-state index contributed by atoms with van der Waals surface area (Å²) in [5, 5.41) is 3.27. The van der Waals surface area contributed by atoms with E-state index in [4.69, 9.17) is 4.74 Å². The summed E-state index contributed by atoms with van der Waals surface area (Å²) in [5.74, 6) is -0.624. The highest BCUT2D eigenvalue weighted by molar-refractivity contribution is 7.18. The Labute approximate surface area is 144 Å². The monoisotopic (exact) mass is 350 g/mol. The van der Waals surface area contributed by atoms with Crippen molar-refractivity contribution in [3.05, 3.63) is 46.6 Å². The van der Waals surface area contributed by atoms with Crippen LogP contribution in [0.3, 0.4) is 0 Å². The number of amides is 2. The molecule has 7 heteroatoms. The van der Waals surface area contributed by atoms with Crippen molar-refractivity contribution in [1.29, 1.82) is 0 Å². The van der Waals surface area contributed by atoms with Gasteiger partial charge >= 0.3 is 0 Å². The predicted octanol–water partition coefficient (Wildman–Crippen LogP) is 3.52. The number of benzene rings is 1. The first-order chi connectivity index (χ1) is 11.4. The molecule has 128 valence electrons. The summed E-state index contributed by atoms with van der Waals surface area (Å²) in [6.07, 6.45) is 0. The van der Waals surface area contributed by atoms with E-state index in [0.717, 1.165) is 0 Å². The Bertz CT molecular complexity index is 745. The quantitative estimate of drug-likeness (QED) is 0.867. The van der Waals surface area contributed by atoms with Crippen molar-refractivity contribution in [2.45, 2.75) is 20.4 Å². The summed E-state index contributed by atoms with van der Waals surface area (Å²) in [4.78, 5) is 25.8. The van der Waals surface area contributed by atoms with Crippen LogP contribution in [0.1, 0.15) is 29.1 Å². The molecule has 0 spiro atoms. The van der Waals surface area contributed by atoms with Gasteiger partial charge in [0, 0.05) is 20.0 Å². The van der Waals surface area contributed by atoms with Gasteiger partial charge < -0.3 is 15.0 Å². The number of halogens is 1. The molecular weight excluding hydrogens is 331 g/mol. The molecule has 0 bridgehead atoms. The maximum atomic E-state index is 13.8. The van der Waals surface area contributed by atoms with Crippen molar-refractivity contribution in [1.82, 2.24) is 4.90 Å². The summed E-state index contributed by atoms with van der Waals surface area (Å²) >= 11 is 1.22. The second-order valence-corrected chi connectivity index (χ2v) is 6.22. The number of thiophene rings is 1. The fraction of sp³-hybridized carbons (Fsp3) is 0.294. The first-order valence-corrected chi connectivity index (χ1v) is 8.25. The Morgan fingerprint density at radius 2 is 2.04 bits per heavy atom. The molecule has 0 atom stereocenters. The zero-order chi connectivity index (χ0) is 17.7. The molecule has 0 aliphatic carbocycles. The molecular formula is C17H19FN2O3S. The van der Waals surface area contributed by atoms with E-state index in [1.165, 1.54) is 31.4 Å². The van der Waals surface area contributed by atoms with Gasteiger partial charge in [0.1, 0.15) is 0 Å². The van der Waals surface area contributed by atoms with Gasteiger partial charge in [-0.1, -0.05) is 6.07 Å². The Kier molecular flexibility index (Phi) is 5.92. The molecule has 0 unspecified atom stereocenters. The van der Waals surface area contributed by atoms with Crippen molar-refractivity contribution < 1.29 is 18.7 Å². The van der Waals surface area contributed by atoms with Gasteiger partial charge in [0.15, 0.2) is 11.6 Å². The van der Waals surface area contributed by atoms with Gasteiger partial charge in [-0.3, -0.25) is 9.59 Å². The van der Waals surface area contributed by atoms with E-state index >= 15 is 0 Å². The molecule has 0 saturated carbocycles. The van der Waals surface area contributed by atoms with E-state index in [1.807, 2.05) is 6.92 Å². The minimum Gasteiger partial charge on any atom is -0.494 e. The van der Waals surface area contributed by atoms with Crippen molar-refractivity contribution >= 4 is 28.2 Å². The highest BCUT2D eigenvalue weighted by atomic mass is 32.1. The number of nitrogens with one attached hydrogen (secondary N) is 1. The minimum absolute atomic E-state index is 0.157. The van der Waals surface area contributed by atoms with Gasteiger partial charge in [-0.05, 0) is 36.8 Å². The fourth-order valence-corrected chi connectivity index (χ4v) is 3.13. The molecule has 0 saturated heterocycles. The van der Waals surface area contributed by atoms with E-state index in [1.54, 1.807) is 29.2 Å². The standard InChI is InChI=1S/C17H19FN2O3S/c1-4-20(10-12-5-6-14(23-3)13(18)9-12)17(22)15-7-8-16(24-15)19-11(2)21/h5-9H,4,10H2,1-3H3,(H,19,21). The van der Waals surface area contributed by atoms with Crippen LogP contribution in [0.4, 0.5) is 9.39 Å². The highest BCUT2D eigenvalue weighted by Gasteiger charge is 2.17. The Morgan fingerprint density at radius 3 is 2.62 bits per heavy atom. The summed E-state index contributed by atoms with van der Waals surface area (Å²) in [7, 11) is 1.41. The average Bonchev–Trinajstić information content (AvgIpc) is 2.99. The van der Waals surface area contributed by atoms with Gasteiger partial charge in [-0.15, -0.1) is 11.3 Å². The molecule has 1 N–H and O–H groups in total. The number of carbonyl (C=O) groups is 2. The summed E-state index contributed by atoms with van der Waals surface area (Å²) in [5.41, 5.74) is 0.683. The lowest BCUT2D eigenvalue weighted by Gasteiger charge is -2.20. The van der Waals surface area contributed by atoms with E-state index in [0.29, 0.717) is 28.5 Å². The molecule has 1 heterocycles. The second-order valence-electron chi connectivity index (χ2n) is 5.13. The van der Waals surface area contributed by atoms with E-state index in [9.17, 15) is 14.0 Å². The Balaban J connectivity index is 2.12. The first kappa shape index (κ1) is 17.9. The molecule has 24 heavy (non-hydrogen) atoms. The van der Waals surface area contributed by atoms with E-state index in [2.05, 4.69) is 5.32 Å². The third-order valence-electron chi connectivity index (χ3n) is 3.37. The smallest absolute Gasteiger partial charge is 0.264 e. The van der Waals surface area contributed by atoms with Crippen LogP contribution in [0, 0.1) is 5.82 Å². The zero-order valence-electron chi connectivity index (χ0n) is 13.8. The molecule has 0 aliphatic heterocycles. The summed E-state index contributed by atoms with van der Waals surface area (Å²) in [6.45, 7) is 4.06. The lowest BCUT2D eigenvalue weighted by Crippen LogP contribution is -2.29. The van der Waals surface area contributed by atoms with Crippen LogP contribution in [-0.4, -0.2) is 30.4 Å². The topological polar surface area (TPSA) is 58.6 Å². The van der Waals surface area contributed by atoms with Gasteiger partial charge in [-0.25, -0.2) is 4.39 Å². The molecule has 5 nitrogen and oxygen atoms in total. The predicted molar refractivity (Wildman–Crippen MR) is 92.0 cm³/mol. The van der Waals surface area contributed by atoms with Crippen LogP contribution in [0.15, 0.2) is 30.3 Å². The van der Waals surface area contributed by atoms with Crippen LogP contribution < -0.4 is 10.1 Å². The average molecular weight is 350 g/mol. The van der Waals surface area contributed by atoms with Gasteiger partial charge in [0.05, 0.1) is 17.0 Å². The molecule has 2 rings (SSSR count). The number of methoxy groups -OCH3 is 1. The van der Waals surface area contributed by atoms with Crippen LogP contribution in [0.25, 0.3) is 0 Å². The van der Waals surface area contributed by atoms with Crippen molar-refractivity contribution in [2.24, 2.45) is 0 Å². The molecule has 0 aliphatic rings. The lowest BCUT2D eigenvalue weighted by atomic mass is 10.2. The van der Waals surface area contributed by atoms with Crippen LogP contribution in [0.5, 0.6) is 5.75 Å². The van der Waals surface area contributed by atoms with Crippen molar-refractivity contribution in [2.75, 3.05) is 19.0 Å². The maximum Gasteiger partial charge on any atom is 0.264 e. The van der Waals surface area contributed by atoms with Crippen molar-refractivity contribution in [3.63, 3.8) is 0 Å². The number of carbonyl (C=O) groups excluding carboxylic acids is 2. The molecule has 0 fully saturated rings. The molecule has 2 amide bonds. The number of hydrogen-bond acceptors (Lipinski definition) is 4. The number of ether oxygens (including phenoxy) is 1. The molecule has 2 aromatic rings. The normalized spacial score (nSPS) is 10.3. The van der Waals surface area contributed by atoms with E-state index in [-0.39, 0.29) is 17.6 Å². The lowest BCUT2D eigenvalue weighted by molar-refractivity contribution is -0.114.